The number of hydrogen-bond donors (Lipinski definition) is 2. The number of ether oxygens (including phenoxy) is 1. The van der Waals surface area contributed by atoms with E-state index in [9.17, 15) is 0 Å². The van der Waals surface area contributed by atoms with Crippen molar-refractivity contribution in [1.29, 1.82) is 0 Å². The smallest absolute Gasteiger partial charge is 0.119 e. The summed E-state index contributed by atoms with van der Waals surface area (Å²) in [6.45, 7) is 0. The van der Waals surface area contributed by atoms with Gasteiger partial charge in [-0.1, -0.05) is 0 Å². The molecule has 0 spiro atoms. The first-order chi connectivity index (χ1) is 8.33. The third kappa shape index (κ3) is 1.62. The minimum atomic E-state index is 0.470. The van der Waals surface area contributed by atoms with Crippen LogP contribution in [0.2, 0.25) is 0 Å². The van der Waals surface area contributed by atoms with Gasteiger partial charge in [0.1, 0.15) is 5.75 Å². The summed E-state index contributed by atoms with van der Waals surface area (Å²) in [5.74, 6) is 0.936. The Morgan fingerprint density at radius 2 is 2.29 bits per heavy atom. The fourth-order valence-electron chi connectivity index (χ4n) is 2.86. The Kier molecular flexibility index (Phi) is 2.56. The molecule has 0 saturated carbocycles. The van der Waals surface area contributed by atoms with Gasteiger partial charge >= 0.3 is 0 Å². The number of H-pyrrole nitrogens is 1. The van der Waals surface area contributed by atoms with Crippen molar-refractivity contribution in [2.45, 2.75) is 25.3 Å². The van der Waals surface area contributed by atoms with Crippen molar-refractivity contribution in [3.63, 3.8) is 0 Å². The molecule has 1 heterocycles. The Morgan fingerprint density at radius 1 is 1.41 bits per heavy atom. The van der Waals surface area contributed by atoms with Crippen LogP contribution in [0.1, 0.15) is 30.1 Å². The van der Waals surface area contributed by atoms with Gasteiger partial charge in [-0.3, -0.25) is 0 Å². The van der Waals surface area contributed by atoms with Gasteiger partial charge in [-0.25, -0.2) is 0 Å². The second-order valence-corrected chi connectivity index (χ2v) is 4.66. The maximum absolute atomic E-state index is 5.31. The quantitative estimate of drug-likeness (QED) is 0.832. The predicted molar refractivity (Wildman–Crippen MR) is 69.6 cm³/mol. The summed E-state index contributed by atoms with van der Waals surface area (Å²) in [6.07, 6.45) is 3.64. The van der Waals surface area contributed by atoms with Crippen molar-refractivity contribution in [2.75, 3.05) is 14.2 Å². The molecule has 1 aromatic carbocycles. The van der Waals surface area contributed by atoms with E-state index in [4.69, 9.17) is 4.74 Å². The second-order valence-electron chi connectivity index (χ2n) is 4.66. The van der Waals surface area contributed by atoms with E-state index in [1.165, 1.54) is 41.4 Å². The normalized spacial score (nSPS) is 19.3. The summed E-state index contributed by atoms with van der Waals surface area (Å²) in [4.78, 5) is 3.55. The lowest BCUT2D eigenvalue weighted by Crippen LogP contribution is -2.21. The molecule has 3 rings (SSSR count). The number of rotatable bonds is 2. The molecule has 0 fully saturated rings. The standard InChI is InChI=1S/C14H18N2O/c1-15-13-5-3-4-10-11-8-9(17-2)6-7-12(11)16-14(10)13/h6-8,13,15-16H,3-5H2,1-2H3. The summed E-state index contributed by atoms with van der Waals surface area (Å²) in [5, 5.41) is 4.71. The topological polar surface area (TPSA) is 37.0 Å². The molecule has 1 unspecified atom stereocenters. The average molecular weight is 230 g/mol. The molecule has 1 aliphatic rings. The molecule has 1 atom stereocenters. The van der Waals surface area contributed by atoms with Crippen molar-refractivity contribution >= 4 is 10.9 Å². The molecule has 1 aliphatic carbocycles. The molecule has 2 aromatic rings. The van der Waals surface area contributed by atoms with Crippen LogP contribution < -0.4 is 10.1 Å². The van der Waals surface area contributed by atoms with E-state index >= 15 is 0 Å². The van der Waals surface area contributed by atoms with Crippen LogP contribution in [-0.4, -0.2) is 19.1 Å². The van der Waals surface area contributed by atoms with E-state index in [0.717, 1.165) is 5.75 Å². The number of nitrogens with one attached hydrogen (secondary N) is 2. The summed E-state index contributed by atoms with van der Waals surface area (Å²) in [7, 11) is 3.75. The van der Waals surface area contributed by atoms with Gasteiger partial charge in [0, 0.05) is 22.6 Å². The third-order valence-electron chi connectivity index (χ3n) is 3.76. The molecule has 90 valence electrons. The number of fused-ring (bicyclic) bond motifs is 3. The first-order valence-electron chi connectivity index (χ1n) is 6.19. The molecule has 0 bridgehead atoms. The predicted octanol–water partition coefficient (Wildman–Crippen LogP) is 2.77. The highest BCUT2D eigenvalue weighted by Gasteiger charge is 2.22. The molecule has 2 N–H and O–H groups in total. The number of aromatic nitrogens is 1. The SMILES string of the molecule is CNC1CCCc2c1[nH]c1ccc(OC)cc21. The molecule has 1 aromatic heterocycles. The van der Waals surface area contributed by atoms with E-state index in [-0.39, 0.29) is 0 Å². The third-order valence-corrected chi connectivity index (χ3v) is 3.76. The summed E-state index contributed by atoms with van der Waals surface area (Å²) in [6, 6.07) is 6.73. The van der Waals surface area contributed by atoms with Crippen LogP contribution in [0, 0.1) is 0 Å². The lowest BCUT2D eigenvalue weighted by molar-refractivity contribution is 0.415. The summed E-state index contributed by atoms with van der Waals surface area (Å²) >= 11 is 0. The lowest BCUT2D eigenvalue weighted by Gasteiger charge is -2.21. The average Bonchev–Trinajstić information content (AvgIpc) is 2.76. The molecule has 3 heteroatoms. The van der Waals surface area contributed by atoms with Crippen molar-refractivity contribution in [1.82, 2.24) is 10.3 Å². The van der Waals surface area contributed by atoms with E-state index in [1.54, 1.807) is 7.11 Å². The molecule has 3 nitrogen and oxygen atoms in total. The highest BCUT2D eigenvalue weighted by molar-refractivity contribution is 5.86. The molecular weight excluding hydrogens is 212 g/mol. The van der Waals surface area contributed by atoms with Gasteiger partial charge in [-0.05, 0) is 50.1 Å². The molecular formula is C14H18N2O. The van der Waals surface area contributed by atoms with Gasteiger partial charge in [0.05, 0.1) is 7.11 Å². The Labute approximate surface area is 101 Å². The van der Waals surface area contributed by atoms with Crippen LogP contribution in [0.25, 0.3) is 10.9 Å². The van der Waals surface area contributed by atoms with Gasteiger partial charge in [-0.15, -0.1) is 0 Å². The maximum Gasteiger partial charge on any atom is 0.119 e. The Morgan fingerprint density at radius 3 is 3.06 bits per heavy atom. The van der Waals surface area contributed by atoms with Crippen LogP contribution in [-0.2, 0) is 6.42 Å². The van der Waals surface area contributed by atoms with E-state index in [2.05, 4.69) is 22.4 Å². The fourth-order valence-corrected chi connectivity index (χ4v) is 2.86. The van der Waals surface area contributed by atoms with Crippen molar-refractivity contribution in [3.05, 3.63) is 29.5 Å². The zero-order valence-corrected chi connectivity index (χ0v) is 10.3. The number of benzene rings is 1. The number of aromatic amines is 1. The number of methoxy groups -OCH3 is 1. The maximum atomic E-state index is 5.31. The van der Waals surface area contributed by atoms with Gasteiger partial charge in [0.2, 0.25) is 0 Å². The van der Waals surface area contributed by atoms with Gasteiger partial charge in [0.15, 0.2) is 0 Å². The van der Waals surface area contributed by atoms with E-state index in [0.29, 0.717) is 6.04 Å². The van der Waals surface area contributed by atoms with Crippen LogP contribution in [0.5, 0.6) is 5.75 Å². The zero-order valence-electron chi connectivity index (χ0n) is 10.3. The van der Waals surface area contributed by atoms with Crippen LogP contribution in [0.3, 0.4) is 0 Å². The van der Waals surface area contributed by atoms with Crippen LogP contribution in [0.4, 0.5) is 0 Å². The highest BCUT2D eigenvalue weighted by atomic mass is 16.5. The molecule has 0 radical (unpaired) electrons. The Bertz CT molecular complexity index is 544. The van der Waals surface area contributed by atoms with Gasteiger partial charge in [-0.2, -0.15) is 0 Å². The molecule has 0 saturated heterocycles. The Hall–Kier alpha value is -1.48. The molecule has 0 amide bonds. The molecule has 17 heavy (non-hydrogen) atoms. The monoisotopic (exact) mass is 230 g/mol. The van der Waals surface area contributed by atoms with Crippen LogP contribution >= 0.6 is 0 Å². The largest absolute Gasteiger partial charge is 0.497 e. The van der Waals surface area contributed by atoms with Crippen molar-refractivity contribution < 1.29 is 4.74 Å². The summed E-state index contributed by atoms with van der Waals surface area (Å²) in [5.41, 5.74) is 4.05. The van der Waals surface area contributed by atoms with Crippen LogP contribution in [0.15, 0.2) is 18.2 Å². The number of aryl methyl sites for hydroxylation is 1. The minimum Gasteiger partial charge on any atom is -0.497 e. The van der Waals surface area contributed by atoms with E-state index in [1.807, 2.05) is 13.1 Å². The highest BCUT2D eigenvalue weighted by Crippen LogP contribution is 2.35. The molecule has 0 aliphatic heterocycles. The first-order valence-corrected chi connectivity index (χ1v) is 6.19. The first kappa shape index (κ1) is 10.7. The van der Waals surface area contributed by atoms with Gasteiger partial charge in [0.25, 0.3) is 0 Å². The minimum absolute atomic E-state index is 0.470. The number of hydrogen-bond acceptors (Lipinski definition) is 2. The van der Waals surface area contributed by atoms with Crippen molar-refractivity contribution in [2.24, 2.45) is 0 Å². The zero-order chi connectivity index (χ0) is 11.8. The lowest BCUT2D eigenvalue weighted by atomic mass is 9.92. The fraction of sp³-hybridized carbons (Fsp3) is 0.429. The van der Waals surface area contributed by atoms with Gasteiger partial charge < -0.3 is 15.0 Å². The second kappa shape index (κ2) is 4.08. The van der Waals surface area contributed by atoms with Crippen molar-refractivity contribution in [3.8, 4) is 5.75 Å². The van der Waals surface area contributed by atoms with E-state index < -0.39 is 0 Å². The summed E-state index contributed by atoms with van der Waals surface area (Å²) < 4.78 is 5.31. The Balaban J connectivity index is 2.20.